The molecule has 8 saturated carbocycles. The van der Waals surface area contributed by atoms with Gasteiger partial charge in [-0.15, -0.1) is 0 Å². The van der Waals surface area contributed by atoms with Gasteiger partial charge in [-0.3, -0.25) is 0 Å². The summed E-state index contributed by atoms with van der Waals surface area (Å²) in [6.07, 6.45) is 54.5. The van der Waals surface area contributed by atoms with E-state index in [9.17, 15) is 0 Å². The standard InChI is InChI=1S/C54H95NS/c1-38-12-10-20-50(38)52-36-49(51-19-8-9-21-54(51)56)33-32-48(52)35-40-14-11-13-39(34-40)22-23-47(45-26-24-43(25-27-45)41-15-4-2-5-16-41)37-53(55)46-30-28-44(29-31-46)42-17-6-3-7-18-42/h38-54,56H,2-37,55H2,1H3. The summed E-state index contributed by atoms with van der Waals surface area (Å²) in [5.74, 6) is 14.9. The van der Waals surface area contributed by atoms with Crippen LogP contribution < -0.4 is 5.73 Å². The van der Waals surface area contributed by atoms with Crippen molar-refractivity contribution in [3.8, 4) is 0 Å². The third-order valence-electron chi connectivity index (χ3n) is 20.5. The smallest absolute Gasteiger partial charge is 0.00699 e. The molecular formula is C54H95NS. The predicted octanol–water partition coefficient (Wildman–Crippen LogP) is 16.0. The van der Waals surface area contributed by atoms with Gasteiger partial charge in [0.15, 0.2) is 0 Å². The van der Waals surface area contributed by atoms with Gasteiger partial charge in [0, 0.05) is 11.3 Å². The molecule has 2 N–H and O–H groups in total. The van der Waals surface area contributed by atoms with Gasteiger partial charge >= 0.3 is 0 Å². The third kappa shape index (κ3) is 11.2. The van der Waals surface area contributed by atoms with Crippen LogP contribution in [-0.2, 0) is 0 Å². The van der Waals surface area contributed by atoms with E-state index in [0.717, 1.165) is 88.8 Å². The van der Waals surface area contributed by atoms with Crippen molar-refractivity contribution >= 4 is 12.6 Å². The zero-order valence-electron chi connectivity index (χ0n) is 37.3. The Labute approximate surface area is 355 Å². The summed E-state index contributed by atoms with van der Waals surface area (Å²) in [5, 5.41) is 0.692. The minimum absolute atomic E-state index is 0.471. The van der Waals surface area contributed by atoms with Gasteiger partial charge in [0.25, 0.3) is 0 Å². The molecule has 2 heteroatoms. The van der Waals surface area contributed by atoms with E-state index in [1.54, 1.807) is 77.0 Å². The molecule has 56 heavy (non-hydrogen) atoms. The summed E-state index contributed by atoms with van der Waals surface area (Å²) in [4.78, 5) is 0. The van der Waals surface area contributed by atoms with E-state index in [4.69, 9.17) is 18.4 Å². The minimum Gasteiger partial charge on any atom is -0.327 e. The molecule has 11 unspecified atom stereocenters. The quantitative estimate of drug-likeness (QED) is 0.179. The van der Waals surface area contributed by atoms with Gasteiger partial charge in [0.05, 0.1) is 0 Å². The Morgan fingerprint density at radius 3 is 1.66 bits per heavy atom. The fourth-order valence-electron chi connectivity index (χ4n) is 17.2. The van der Waals surface area contributed by atoms with E-state index in [1.165, 1.54) is 154 Å². The normalized spacial score (nSPS) is 43.7. The fourth-order valence-corrected chi connectivity index (χ4v) is 17.8. The summed E-state index contributed by atoms with van der Waals surface area (Å²) in [7, 11) is 0. The number of rotatable bonds is 13. The SMILES string of the molecule is CC1CCCC1C1CC(C2CCCCC2S)CCC1CC1CCCC(CCC(CC(N)C2CCC(C3CCCCC3)CC2)C2CCC(C3CCCCC3)CC2)C1. The lowest BCUT2D eigenvalue weighted by Crippen LogP contribution is -2.38. The van der Waals surface area contributed by atoms with Gasteiger partial charge in [-0.1, -0.05) is 122 Å². The molecule has 0 heterocycles. The van der Waals surface area contributed by atoms with Crippen molar-refractivity contribution in [1.29, 1.82) is 0 Å². The van der Waals surface area contributed by atoms with Gasteiger partial charge in [-0.25, -0.2) is 0 Å². The molecule has 0 aromatic heterocycles. The molecule has 8 aliphatic carbocycles. The van der Waals surface area contributed by atoms with Crippen LogP contribution in [0.25, 0.3) is 0 Å². The summed E-state index contributed by atoms with van der Waals surface area (Å²) in [6.45, 7) is 2.64. The highest BCUT2D eigenvalue weighted by atomic mass is 32.1. The first-order valence-corrected chi connectivity index (χ1v) is 27.4. The largest absolute Gasteiger partial charge is 0.327 e. The zero-order chi connectivity index (χ0) is 38.3. The van der Waals surface area contributed by atoms with Crippen molar-refractivity contribution in [2.24, 2.45) is 94.5 Å². The lowest BCUT2D eigenvalue weighted by Gasteiger charge is -2.47. The second-order valence-corrected chi connectivity index (χ2v) is 24.3. The Balaban J connectivity index is 0.863. The topological polar surface area (TPSA) is 26.0 Å². The molecule has 8 aliphatic rings. The van der Waals surface area contributed by atoms with Crippen molar-refractivity contribution in [2.45, 2.75) is 249 Å². The summed E-state index contributed by atoms with van der Waals surface area (Å²) < 4.78 is 0. The van der Waals surface area contributed by atoms with Gasteiger partial charge in [0.1, 0.15) is 0 Å². The van der Waals surface area contributed by atoms with E-state index in [-0.39, 0.29) is 0 Å². The van der Waals surface area contributed by atoms with Crippen molar-refractivity contribution < 1.29 is 0 Å². The van der Waals surface area contributed by atoms with Crippen LogP contribution in [0.15, 0.2) is 0 Å². The maximum atomic E-state index is 7.39. The van der Waals surface area contributed by atoms with Crippen LogP contribution in [-0.4, -0.2) is 11.3 Å². The third-order valence-corrected chi connectivity index (χ3v) is 21.2. The highest BCUT2D eigenvalue weighted by molar-refractivity contribution is 7.81. The van der Waals surface area contributed by atoms with Crippen molar-refractivity contribution in [3.05, 3.63) is 0 Å². The second-order valence-electron chi connectivity index (χ2n) is 23.6. The molecule has 0 aromatic rings. The first-order valence-electron chi connectivity index (χ1n) is 26.9. The summed E-state index contributed by atoms with van der Waals surface area (Å²) >= 11 is 5.21. The maximum Gasteiger partial charge on any atom is 0.00699 e. The van der Waals surface area contributed by atoms with Crippen molar-refractivity contribution in [2.75, 3.05) is 0 Å². The monoisotopic (exact) mass is 790 g/mol. The molecule has 0 aliphatic heterocycles. The van der Waals surface area contributed by atoms with Crippen LogP contribution in [0, 0.1) is 88.8 Å². The second kappa shape index (κ2) is 21.4. The van der Waals surface area contributed by atoms with E-state index < -0.39 is 0 Å². The number of nitrogens with two attached hydrogens (primary N) is 1. The van der Waals surface area contributed by atoms with Crippen molar-refractivity contribution in [1.82, 2.24) is 0 Å². The highest BCUT2D eigenvalue weighted by Crippen LogP contribution is 2.53. The average Bonchev–Trinajstić information content (AvgIpc) is 3.69. The molecule has 11 atom stereocenters. The molecule has 322 valence electrons. The van der Waals surface area contributed by atoms with E-state index in [0.29, 0.717) is 11.3 Å². The van der Waals surface area contributed by atoms with Crippen LogP contribution >= 0.6 is 12.6 Å². The Morgan fingerprint density at radius 1 is 0.464 bits per heavy atom. The highest BCUT2D eigenvalue weighted by Gasteiger charge is 2.44. The molecule has 8 rings (SSSR count). The average molecular weight is 790 g/mol. The zero-order valence-corrected chi connectivity index (χ0v) is 38.2. The van der Waals surface area contributed by atoms with Gasteiger partial charge in [-0.2, -0.15) is 12.6 Å². The molecule has 1 nitrogen and oxygen atoms in total. The molecule has 0 saturated heterocycles. The minimum atomic E-state index is 0.471. The van der Waals surface area contributed by atoms with Crippen molar-refractivity contribution in [3.63, 3.8) is 0 Å². The Morgan fingerprint density at radius 2 is 1.02 bits per heavy atom. The van der Waals surface area contributed by atoms with E-state index in [1.807, 2.05) is 0 Å². The number of hydrogen-bond acceptors (Lipinski definition) is 2. The molecule has 0 radical (unpaired) electrons. The molecule has 0 bridgehead atoms. The van der Waals surface area contributed by atoms with Crippen LogP contribution in [0.2, 0.25) is 0 Å². The van der Waals surface area contributed by atoms with Crippen LogP contribution in [0.3, 0.4) is 0 Å². The Kier molecular flexibility index (Phi) is 16.4. The predicted molar refractivity (Wildman–Crippen MR) is 245 cm³/mol. The van der Waals surface area contributed by atoms with Crippen LogP contribution in [0.1, 0.15) is 238 Å². The molecular weight excluding hydrogens is 695 g/mol. The van der Waals surface area contributed by atoms with Crippen LogP contribution in [0.5, 0.6) is 0 Å². The fraction of sp³-hybridized carbons (Fsp3) is 1.00. The molecule has 0 spiro atoms. The van der Waals surface area contributed by atoms with Gasteiger partial charge < -0.3 is 5.73 Å². The first kappa shape index (κ1) is 43.0. The molecule has 0 aromatic carbocycles. The van der Waals surface area contributed by atoms with Gasteiger partial charge in [-0.05, 0) is 204 Å². The van der Waals surface area contributed by atoms with E-state index >= 15 is 0 Å². The summed E-state index contributed by atoms with van der Waals surface area (Å²) in [5.41, 5.74) is 7.39. The van der Waals surface area contributed by atoms with Crippen LogP contribution in [0.4, 0.5) is 0 Å². The number of thiol groups is 1. The first-order chi connectivity index (χ1) is 27.5. The Hall–Kier alpha value is 0.310. The number of hydrogen-bond donors (Lipinski definition) is 2. The van der Waals surface area contributed by atoms with E-state index in [2.05, 4.69) is 6.92 Å². The van der Waals surface area contributed by atoms with Gasteiger partial charge in [0.2, 0.25) is 0 Å². The maximum absolute atomic E-state index is 7.39. The Bertz CT molecular complexity index is 1110. The lowest BCUT2D eigenvalue weighted by atomic mass is 9.60. The molecule has 0 amide bonds. The lowest BCUT2D eigenvalue weighted by molar-refractivity contribution is 0.0477. The molecule has 8 fully saturated rings. The summed E-state index contributed by atoms with van der Waals surface area (Å²) in [6, 6.07) is 0.471.